The summed E-state index contributed by atoms with van der Waals surface area (Å²) in [4.78, 5) is 2.50. The Hall–Kier alpha value is -0.840. The molecule has 100 valence electrons. The molecule has 0 unspecified atom stereocenters. The fraction of sp³-hybridized carbons (Fsp3) is 0.462. The smallest absolute Gasteiger partial charge is 0.107 e. The number of hydrogen-bond acceptors (Lipinski definition) is 3. The summed E-state index contributed by atoms with van der Waals surface area (Å²) in [6.07, 6.45) is 0. The van der Waals surface area contributed by atoms with Crippen molar-refractivity contribution in [1.29, 1.82) is 0 Å². The first-order chi connectivity index (χ1) is 8.49. The van der Waals surface area contributed by atoms with E-state index < -0.39 is 0 Å². The minimum Gasteiger partial charge on any atom is -0.389 e. The maximum Gasteiger partial charge on any atom is 0.107 e. The first kappa shape index (κ1) is 15.2. The van der Waals surface area contributed by atoms with Crippen molar-refractivity contribution in [2.24, 2.45) is 5.73 Å². The number of ether oxygens (including phenoxy) is 1. The van der Waals surface area contributed by atoms with Crippen LogP contribution in [0.1, 0.15) is 19.4 Å². The van der Waals surface area contributed by atoms with E-state index in [2.05, 4.69) is 18.7 Å². The van der Waals surface area contributed by atoms with Gasteiger partial charge in [-0.05, 0) is 26.0 Å². The summed E-state index contributed by atoms with van der Waals surface area (Å²) in [6.45, 7) is 5.63. The van der Waals surface area contributed by atoms with Crippen molar-refractivity contribution < 1.29 is 4.74 Å². The van der Waals surface area contributed by atoms with E-state index in [9.17, 15) is 0 Å². The van der Waals surface area contributed by atoms with Crippen molar-refractivity contribution >= 4 is 34.5 Å². The molecule has 0 fully saturated rings. The molecule has 0 radical (unpaired) electrons. The van der Waals surface area contributed by atoms with Crippen molar-refractivity contribution in [3.05, 3.63) is 28.8 Å². The summed E-state index contributed by atoms with van der Waals surface area (Å²) >= 11 is 11.3. The highest BCUT2D eigenvalue weighted by Gasteiger charge is 2.17. The van der Waals surface area contributed by atoms with Gasteiger partial charge in [0.1, 0.15) is 4.99 Å². The molecular weight excluding hydrogens is 268 g/mol. The number of nitrogens with zero attached hydrogens (tertiary/aromatic N) is 1. The molecule has 18 heavy (non-hydrogen) atoms. The lowest BCUT2D eigenvalue weighted by atomic mass is 10.1. The van der Waals surface area contributed by atoms with Gasteiger partial charge in [0.25, 0.3) is 0 Å². The van der Waals surface area contributed by atoms with E-state index in [4.69, 9.17) is 34.3 Å². The van der Waals surface area contributed by atoms with Crippen LogP contribution in [0.3, 0.4) is 0 Å². The molecule has 0 bridgehead atoms. The van der Waals surface area contributed by atoms with E-state index in [0.29, 0.717) is 22.7 Å². The molecule has 0 saturated carbocycles. The second kappa shape index (κ2) is 6.92. The number of methoxy groups -OCH3 is 1. The molecule has 0 aliphatic carbocycles. The fourth-order valence-corrected chi connectivity index (χ4v) is 2.38. The lowest BCUT2D eigenvalue weighted by molar-refractivity contribution is 0.204. The molecule has 2 N–H and O–H groups in total. The monoisotopic (exact) mass is 286 g/mol. The zero-order chi connectivity index (χ0) is 13.7. The topological polar surface area (TPSA) is 38.5 Å². The first-order valence-corrected chi connectivity index (χ1v) is 6.61. The Morgan fingerprint density at radius 3 is 2.67 bits per heavy atom. The Morgan fingerprint density at radius 1 is 1.50 bits per heavy atom. The van der Waals surface area contributed by atoms with Gasteiger partial charge in [-0.3, -0.25) is 0 Å². The summed E-state index contributed by atoms with van der Waals surface area (Å²) in [5.41, 5.74) is 7.47. The average molecular weight is 287 g/mol. The molecule has 3 nitrogen and oxygen atoms in total. The van der Waals surface area contributed by atoms with Gasteiger partial charge in [-0.1, -0.05) is 29.9 Å². The minimum absolute atomic E-state index is 0.312. The predicted molar refractivity (Wildman–Crippen MR) is 81.7 cm³/mol. The zero-order valence-electron chi connectivity index (χ0n) is 10.9. The highest BCUT2D eigenvalue weighted by atomic mass is 35.5. The normalized spacial score (nSPS) is 10.7. The van der Waals surface area contributed by atoms with Crippen LogP contribution in [0.4, 0.5) is 5.69 Å². The van der Waals surface area contributed by atoms with Crippen LogP contribution in [0.5, 0.6) is 0 Å². The quantitative estimate of drug-likeness (QED) is 0.816. The number of nitrogens with two attached hydrogens (primary N) is 1. The second-order valence-electron chi connectivity index (χ2n) is 4.28. The van der Waals surface area contributed by atoms with E-state index in [1.54, 1.807) is 13.2 Å². The van der Waals surface area contributed by atoms with Crippen LogP contribution in [-0.4, -0.2) is 31.3 Å². The summed E-state index contributed by atoms with van der Waals surface area (Å²) in [6, 6.07) is 6.00. The molecule has 1 aromatic carbocycles. The number of rotatable bonds is 6. The number of thiocarbonyl (C=S) groups is 1. The van der Waals surface area contributed by atoms with E-state index in [1.165, 1.54) is 0 Å². The zero-order valence-corrected chi connectivity index (χ0v) is 12.5. The number of anilines is 1. The van der Waals surface area contributed by atoms with Gasteiger partial charge in [0.2, 0.25) is 0 Å². The maximum atomic E-state index is 6.18. The van der Waals surface area contributed by atoms with Crippen LogP contribution in [0.2, 0.25) is 5.02 Å². The number of halogens is 1. The number of hydrogen-bond donors (Lipinski definition) is 1. The molecule has 0 aliphatic heterocycles. The van der Waals surface area contributed by atoms with Crippen molar-refractivity contribution in [3.63, 3.8) is 0 Å². The molecular formula is C13H19ClN2OS. The SMILES string of the molecule is COCCN(c1cccc(Cl)c1C(N)=S)C(C)C. The maximum absolute atomic E-state index is 6.18. The molecule has 0 spiro atoms. The van der Waals surface area contributed by atoms with Gasteiger partial charge in [0.05, 0.1) is 17.2 Å². The lowest BCUT2D eigenvalue weighted by Gasteiger charge is -2.30. The Balaban J connectivity index is 3.19. The van der Waals surface area contributed by atoms with Crippen LogP contribution in [-0.2, 0) is 4.74 Å². The Bertz CT molecular complexity index is 423. The molecule has 0 saturated heterocycles. The Labute approximate surface area is 119 Å². The Morgan fingerprint density at radius 2 is 2.17 bits per heavy atom. The molecule has 0 heterocycles. The summed E-state index contributed by atoms with van der Waals surface area (Å²) in [5, 5.41) is 0.586. The van der Waals surface area contributed by atoms with Crippen LogP contribution in [0.25, 0.3) is 0 Å². The minimum atomic E-state index is 0.312. The van der Waals surface area contributed by atoms with Gasteiger partial charge in [-0.15, -0.1) is 0 Å². The molecule has 1 aromatic rings. The third-order valence-electron chi connectivity index (χ3n) is 2.71. The van der Waals surface area contributed by atoms with Gasteiger partial charge < -0.3 is 15.4 Å². The van der Waals surface area contributed by atoms with Crippen molar-refractivity contribution in [2.75, 3.05) is 25.2 Å². The third kappa shape index (κ3) is 3.57. The van der Waals surface area contributed by atoms with Gasteiger partial charge in [-0.25, -0.2) is 0 Å². The van der Waals surface area contributed by atoms with Crippen molar-refractivity contribution in [2.45, 2.75) is 19.9 Å². The average Bonchev–Trinajstić information content (AvgIpc) is 2.28. The summed E-state index contributed by atoms with van der Waals surface area (Å²) in [5.74, 6) is 0. The van der Waals surface area contributed by atoms with Crippen molar-refractivity contribution in [1.82, 2.24) is 0 Å². The van der Waals surface area contributed by atoms with Crippen molar-refractivity contribution in [3.8, 4) is 0 Å². The van der Waals surface area contributed by atoms with E-state index in [0.717, 1.165) is 17.8 Å². The van der Waals surface area contributed by atoms with Gasteiger partial charge >= 0.3 is 0 Å². The standard InChI is InChI=1S/C13H19ClN2OS/c1-9(2)16(7-8-17-3)11-6-4-5-10(14)12(11)13(15)18/h4-6,9H,7-8H2,1-3H3,(H2,15,18). The highest BCUT2D eigenvalue weighted by molar-refractivity contribution is 7.80. The molecule has 5 heteroatoms. The van der Waals surface area contributed by atoms with E-state index in [-0.39, 0.29) is 0 Å². The van der Waals surface area contributed by atoms with Gasteiger partial charge in [0.15, 0.2) is 0 Å². The largest absolute Gasteiger partial charge is 0.389 e. The summed E-state index contributed by atoms with van der Waals surface area (Å²) < 4.78 is 5.14. The predicted octanol–water partition coefficient (Wildman–Crippen LogP) is 2.84. The molecule has 0 aromatic heterocycles. The van der Waals surface area contributed by atoms with Crippen LogP contribution >= 0.6 is 23.8 Å². The molecule has 1 rings (SSSR count). The fourth-order valence-electron chi connectivity index (χ4n) is 1.84. The summed E-state index contributed by atoms with van der Waals surface area (Å²) in [7, 11) is 1.69. The Kier molecular flexibility index (Phi) is 5.85. The van der Waals surface area contributed by atoms with Crippen LogP contribution in [0, 0.1) is 0 Å². The molecule has 0 amide bonds. The van der Waals surface area contributed by atoms with E-state index >= 15 is 0 Å². The first-order valence-electron chi connectivity index (χ1n) is 5.83. The van der Waals surface area contributed by atoms with Gasteiger partial charge in [-0.2, -0.15) is 0 Å². The second-order valence-corrected chi connectivity index (χ2v) is 5.13. The molecule has 0 atom stereocenters. The van der Waals surface area contributed by atoms with Gasteiger partial charge in [0, 0.05) is 25.4 Å². The number of benzene rings is 1. The highest BCUT2D eigenvalue weighted by Crippen LogP contribution is 2.28. The van der Waals surface area contributed by atoms with Crippen LogP contribution < -0.4 is 10.6 Å². The lowest BCUT2D eigenvalue weighted by Crippen LogP contribution is -2.35. The van der Waals surface area contributed by atoms with Crippen LogP contribution in [0.15, 0.2) is 18.2 Å². The molecule has 0 aliphatic rings. The van der Waals surface area contributed by atoms with E-state index in [1.807, 2.05) is 12.1 Å². The third-order valence-corrected chi connectivity index (χ3v) is 3.23.